The average molecular weight is 387 g/mol. The summed E-state index contributed by atoms with van der Waals surface area (Å²) >= 11 is 3.28. The summed E-state index contributed by atoms with van der Waals surface area (Å²) in [7, 11) is -3.87. The molecule has 0 radical (unpaired) electrons. The number of nitrogens with one attached hydrogen (secondary N) is 2. The fourth-order valence-corrected chi connectivity index (χ4v) is 4.56. The molecule has 120 valence electrons. The molecule has 2 N–H and O–H groups in total. The van der Waals surface area contributed by atoms with E-state index in [4.69, 9.17) is 0 Å². The Hall–Kier alpha value is -1.08. The minimum atomic E-state index is -3.87. The number of benzene rings is 1. The lowest BCUT2D eigenvalue weighted by Crippen LogP contribution is -2.36. The van der Waals surface area contributed by atoms with Crippen molar-refractivity contribution in [2.24, 2.45) is 17.8 Å². The molecule has 22 heavy (non-hydrogen) atoms. The van der Waals surface area contributed by atoms with E-state index in [-0.39, 0.29) is 0 Å². The molecule has 1 amide bonds. The van der Waals surface area contributed by atoms with Gasteiger partial charge in [-0.25, -0.2) is 4.72 Å². The van der Waals surface area contributed by atoms with Crippen molar-refractivity contribution in [2.75, 3.05) is 4.72 Å². The molecule has 3 unspecified atom stereocenters. The summed E-state index contributed by atoms with van der Waals surface area (Å²) in [4.78, 5) is 12.0. The smallest absolute Gasteiger partial charge is 0.274 e. The Morgan fingerprint density at radius 1 is 1.23 bits per heavy atom. The molecule has 7 heteroatoms. The highest BCUT2D eigenvalue weighted by Crippen LogP contribution is 2.53. The van der Waals surface area contributed by atoms with Crippen LogP contribution < -0.4 is 9.44 Å². The van der Waals surface area contributed by atoms with E-state index in [0.29, 0.717) is 23.9 Å². The van der Waals surface area contributed by atoms with Crippen LogP contribution in [-0.4, -0.2) is 14.3 Å². The van der Waals surface area contributed by atoms with Gasteiger partial charge < -0.3 is 0 Å². The van der Waals surface area contributed by atoms with E-state index in [9.17, 15) is 13.2 Å². The molecule has 0 heterocycles. The van der Waals surface area contributed by atoms with E-state index < -0.39 is 16.1 Å². The lowest BCUT2D eigenvalue weighted by atomic mass is 9.86. The van der Waals surface area contributed by atoms with Crippen molar-refractivity contribution in [3.63, 3.8) is 0 Å². The maximum Gasteiger partial charge on any atom is 0.323 e. The van der Waals surface area contributed by atoms with Gasteiger partial charge in [-0.05, 0) is 54.9 Å². The highest BCUT2D eigenvalue weighted by Gasteiger charge is 2.45. The Kier molecular flexibility index (Phi) is 4.45. The third kappa shape index (κ3) is 4.01. The maximum atomic E-state index is 12.0. The normalized spacial score (nSPS) is 26.9. The molecule has 1 aromatic rings. The SMILES string of the molecule is O=C(CC1CCCC2CC12)NS(=O)(=O)Nc1ccc(Br)cc1. The Morgan fingerprint density at radius 2 is 1.95 bits per heavy atom. The molecule has 2 aliphatic carbocycles. The molecule has 2 fully saturated rings. The number of fused-ring (bicyclic) bond motifs is 1. The number of rotatable bonds is 5. The third-order valence-electron chi connectivity index (χ3n) is 4.52. The Bertz CT molecular complexity index is 660. The van der Waals surface area contributed by atoms with Gasteiger partial charge in [-0.2, -0.15) is 8.42 Å². The summed E-state index contributed by atoms with van der Waals surface area (Å²) in [6.07, 6.45) is 4.98. The average Bonchev–Trinajstić information content (AvgIpc) is 3.21. The monoisotopic (exact) mass is 386 g/mol. The number of hydrogen-bond donors (Lipinski definition) is 2. The van der Waals surface area contributed by atoms with Crippen molar-refractivity contribution in [1.29, 1.82) is 0 Å². The summed E-state index contributed by atoms with van der Waals surface area (Å²) in [5.41, 5.74) is 0.420. The van der Waals surface area contributed by atoms with Gasteiger partial charge in [0.15, 0.2) is 0 Å². The molecule has 3 rings (SSSR count). The highest BCUT2D eigenvalue weighted by molar-refractivity contribution is 9.10. The molecule has 0 spiro atoms. The second-order valence-electron chi connectivity index (χ2n) is 6.19. The Morgan fingerprint density at radius 3 is 2.68 bits per heavy atom. The third-order valence-corrected chi connectivity index (χ3v) is 6.05. The molecule has 2 saturated carbocycles. The van der Waals surface area contributed by atoms with Crippen LogP contribution in [0.5, 0.6) is 0 Å². The molecule has 0 bridgehead atoms. The largest absolute Gasteiger partial charge is 0.323 e. The van der Waals surface area contributed by atoms with E-state index in [1.807, 2.05) is 0 Å². The van der Waals surface area contributed by atoms with Gasteiger partial charge in [0.1, 0.15) is 0 Å². The number of hydrogen-bond acceptors (Lipinski definition) is 3. The predicted molar refractivity (Wildman–Crippen MR) is 88.4 cm³/mol. The van der Waals surface area contributed by atoms with Crippen LogP contribution in [0.3, 0.4) is 0 Å². The second-order valence-corrected chi connectivity index (χ2v) is 8.52. The molecular formula is C15H19BrN2O3S. The second kappa shape index (κ2) is 6.20. The minimum absolute atomic E-state index is 0.308. The zero-order valence-corrected chi connectivity index (χ0v) is 14.5. The number of anilines is 1. The van der Waals surface area contributed by atoms with Crippen molar-refractivity contribution in [3.05, 3.63) is 28.7 Å². The first-order valence-electron chi connectivity index (χ1n) is 7.52. The zero-order valence-electron chi connectivity index (χ0n) is 12.1. The van der Waals surface area contributed by atoms with Gasteiger partial charge in [-0.15, -0.1) is 0 Å². The summed E-state index contributed by atoms with van der Waals surface area (Å²) in [5, 5.41) is 0. The molecule has 0 aliphatic heterocycles. The Labute approximate surface area is 139 Å². The fraction of sp³-hybridized carbons (Fsp3) is 0.533. The summed E-state index contributed by atoms with van der Waals surface area (Å²) in [6, 6.07) is 6.72. The fourth-order valence-electron chi connectivity index (χ4n) is 3.42. The quantitative estimate of drug-likeness (QED) is 0.816. The first kappa shape index (κ1) is 15.8. The molecule has 1 aromatic carbocycles. The van der Waals surface area contributed by atoms with Crippen molar-refractivity contribution < 1.29 is 13.2 Å². The van der Waals surface area contributed by atoms with Gasteiger partial charge in [0, 0.05) is 10.9 Å². The highest BCUT2D eigenvalue weighted by atomic mass is 79.9. The van der Waals surface area contributed by atoms with Crippen molar-refractivity contribution in [2.45, 2.75) is 32.1 Å². The lowest BCUT2D eigenvalue weighted by molar-refractivity contribution is -0.120. The summed E-state index contributed by atoms with van der Waals surface area (Å²) < 4.78 is 29.3. The number of carbonyl (C=O) groups is 1. The van der Waals surface area contributed by atoms with Crippen LogP contribution in [0.1, 0.15) is 32.1 Å². The molecule has 5 nitrogen and oxygen atoms in total. The first-order chi connectivity index (χ1) is 10.4. The Balaban J connectivity index is 1.54. The number of halogens is 1. The van der Waals surface area contributed by atoms with Crippen LogP contribution in [0.25, 0.3) is 0 Å². The van der Waals surface area contributed by atoms with Gasteiger partial charge >= 0.3 is 10.2 Å². The zero-order chi connectivity index (χ0) is 15.7. The van der Waals surface area contributed by atoms with E-state index in [2.05, 4.69) is 25.4 Å². The van der Waals surface area contributed by atoms with E-state index in [1.165, 1.54) is 12.8 Å². The maximum absolute atomic E-state index is 12.0. The van der Waals surface area contributed by atoms with Gasteiger partial charge in [-0.1, -0.05) is 28.8 Å². The molecule has 0 saturated heterocycles. The molecule has 0 aromatic heterocycles. The van der Waals surface area contributed by atoms with Gasteiger partial charge in [0.25, 0.3) is 0 Å². The van der Waals surface area contributed by atoms with Crippen LogP contribution >= 0.6 is 15.9 Å². The van der Waals surface area contributed by atoms with Crippen LogP contribution in [0, 0.1) is 17.8 Å². The summed E-state index contributed by atoms with van der Waals surface area (Å²) in [5.74, 6) is 1.36. The van der Waals surface area contributed by atoms with Crippen molar-refractivity contribution >= 4 is 37.7 Å². The topological polar surface area (TPSA) is 75.3 Å². The van der Waals surface area contributed by atoms with Crippen LogP contribution in [0.15, 0.2) is 28.7 Å². The molecular weight excluding hydrogens is 368 g/mol. The van der Waals surface area contributed by atoms with Crippen LogP contribution in [0.4, 0.5) is 5.69 Å². The first-order valence-corrected chi connectivity index (χ1v) is 9.79. The van der Waals surface area contributed by atoms with E-state index in [1.54, 1.807) is 24.3 Å². The lowest BCUT2D eigenvalue weighted by Gasteiger charge is -2.20. The van der Waals surface area contributed by atoms with Crippen LogP contribution in [0.2, 0.25) is 0 Å². The van der Waals surface area contributed by atoms with Crippen molar-refractivity contribution in [1.82, 2.24) is 4.72 Å². The van der Waals surface area contributed by atoms with Gasteiger partial charge in [0.2, 0.25) is 5.91 Å². The standard InChI is InChI=1S/C15H19BrN2O3S/c16-12-4-6-13(7-5-12)17-22(20,21)18-15(19)9-11-3-1-2-10-8-14(10)11/h4-7,10-11,14,17H,1-3,8-9H2,(H,18,19). The van der Waals surface area contributed by atoms with Gasteiger partial charge in [0.05, 0.1) is 5.69 Å². The predicted octanol–water partition coefficient (Wildman–Crippen LogP) is 3.05. The van der Waals surface area contributed by atoms with Crippen LogP contribution in [-0.2, 0) is 15.0 Å². The van der Waals surface area contributed by atoms with E-state index in [0.717, 1.165) is 23.2 Å². The number of carbonyl (C=O) groups excluding carboxylic acids is 1. The number of amides is 1. The van der Waals surface area contributed by atoms with E-state index >= 15 is 0 Å². The minimum Gasteiger partial charge on any atom is -0.274 e. The molecule has 3 atom stereocenters. The summed E-state index contributed by atoms with van der Waals surface area (Å²) in [6.45, 7) is 0. The van der Waals surface area contributed by atoms with Gasteiger partial charge in [-0.3, -0.25) is 9.52 Å². The van der Waals surface area contributed by atoms with Crippen molar-refractivity contribution in [3.8, 4) is 0 Å². The molecule has 2 aliphatic rings.